The lowest BCUT2D eigenvalue weighted by atomic mass is 10.1. The number of nitrogens with zero attached hydrogens (tertiary/aromatic N) is 2. The maximum atomic E-state index is 13.2. The largest absolute Gasteiger partial charge is 0.378 e. The maximum Gasteiger partial charge on any atom is 0.282 e. The van der Waals surface area contributed by atoms with Gasteiger partial charge in [-0.05, 0) is 48.7 Å². The van der Waals surface area contributed by atoms with Gasteiger partial charge in [0.1, 0.15) is 12.0 Å². The summed E-state index contributed by atoms with van der Waals surface area (Å²) in [5.74, 6) is 0. The fourth-order valence-corrected chi connectivity index (χ4v) is 2.96. The molecule has 1 N–H and O–H groups in total. The summed E-state index contributed by atoms with van der Waals surface area (Å²) in [6.45, 7) is 0.212. The highest BCUT2D eigenvalue weighted by Crippen LogP contribution is 2.29. The second-order valence-electron chi connectivity index (χ2n) is 5.49. The molecule has 0 saturated carbocycles. The van der Waals surface area contributed by atoms with Gasteiger partial charge in [0.25, 0.3) is 6.43 Å². The zero-order valence-electron chi connectivity index (χ0n) is 14.0. The van der Waals surface area contributed by atoms with Crippen molar-refractivity contribution in [2.24, 2.45) is 0 Å². The number of thioether (sulfide) groups is 1. The number of carbonyl (C=O) groups excluding carboxylic acids is 1. The zero-order valence-corrected chi connectivity index (χ0v) is 14.8. The smallest absolute Gasteiger partial charge is 0.282 e. The highest BCUT2D eigenvalue weighted by molar-refractivity contribution is 7.98. The normalized spacial score (nSPS) is 10.9. The van der Waals surface area contributed by atoms with E-state index in [1.165, 1.54) is 10.7 Å². The summed E-state index contributed by atoms with van der Waals surface area (Å²) >= 11 is 1.62. The topological polar surface area (TPSA) is 46.9 Å². The fourth-order valence-electron chi connectivity index (χ4n) is 2.55. The Kier molecular flexibility index (Phi) is 5.68. The number of hydrogen-bond donors (Lipinski definition) is 1. The van der Waals surface area contributed by atoms with Crippen LogP contribution in [0.1, 0.15) is 12.1 Å². The van der Waals surface area contributed by atoms with E-state index in [1.807, 2.05) is 30.5 Å². The van der Waals surface area contributed by atoms with Crippen molar-refractivity contribution in [2.45, 2.75) is 11.3 Å². The average molecular weight is 373 g/mol. The summed E-state index contributed by atoms with van der Waals surface area (Å²) in [6, 6.07) is 16.2. The van der Waals surface area contributed by atoms with Gasteiger partial charge in [0, 0.05) is 16.1 Å². The van der Waals surface area contributed by atoms with Crippen LogP contribution in [0, 0.1) is 0 Å². The summed E-state index contributed by atoms with van der Waals surface area (Å²) < 4.78 is 27.9. The number of carbonyl (C=O) groups is 1. The van der Waals surface area contributed by atoms with Crippen molar-refractivity contribution >= 4 is 23.7 Å². The van der Waals surface area contributed by atoms with E-state index in [4.69, 9.17) is 0 Å². The van der Waals surface area contributed by atoms with E-state index in [1.54, 1.807) is 36.0 Å². The van der Waals surface area contributed by atoms with Crippen molar-refractivity contribution in [2.75, 3.05) is 18.1 Å². The van der Waals surface area contributed by atoms with E-state index in [-0.39, 0.29) is 12.2 Å². The van der Waals surface area contributed by atoms with E-state index >= 15 is 0 Å². The van der Waals surface area contributed by atoms with Crippen LogP contribution >= 0.6 is 11.8 Å². The third-order valence-electron chi connectivity index (χ3n) is 3.84. The molecule has 0 atom stereocenters. The highest BCUT2D eigenvalue weighted by Gasteiger charge is 2.17. The third kappa shape index (κ3) is 3.94. The molecule has 0 amide bonds. The van der Waals surface area contributed by atoms with E-state index in [2.05, 4.69) is 10.4 Å². The second kappa shape index (κ2) is 8.14. The second-order valence-corrected chi connectivity index (χ2v) is 6.37. The number of nitrogens with one attached hydrogen (secondary N) is 1. The molecular formula is C19H17F2N3OS. The minimum absolute atomic E-state index is 0.212. The molecule has 1 heterocycles. The van der Waals surface area contributed by atoms with Crippen LogP contribution in [0.3, 0.4) is 0 Å². The van der Waals surface area contributed by atoms with Gasteiger partial charge in [-0.3, -0.25) is 0 Å². The molecule has 0 saturated heterocycles. The van der Waals surface area contributed by atoms with Crippen molar-refractivity contribution < 1.29 is 13.6 Å². The number of hydrogen-bond acceptors (Lipinski definition) is 4. The summed E-state index contributed by atoms with van der Waals surface area (Å²) in [5.41, 5.74) is 2.58. The van der Waals surface area contributed by atoms with Crippen LogP contribution in [0.5, 0.6) is 0 Å². The van der Waals surface area contributed by atoms with Crippen LogP contribution in [0.25, 0.3) is 16.9 Å². The van der Waals surface area contributed by atoms with Gasteiger partial charge in [-0.2, -0.15) is 5.10 Å². The minimum Gasteiger partial charge on any atom is -0.378 e. The van der Waals surface area contributed by atoms with E-state index in [0.29, 0.717) is 11.4 Å². The number of alkyl halides is 2. The van der Waals surface area contributed by atoms with Gasteiger partial charge in [0.15, 0.2) is 0 Å². The first-order chi connectivity index (χ1) is 12.6. The predicted molar refractivity (Wildman–Crippen MR) is 100 cm³/mol. The number of anilines is 1. The molecule has 0 spiro atoms. The SMILES string of the molecule is CSc1ccc(-c2cc(C(F)F)nn2-c2ccc(NCC=O)cc2)cc1. The van der Waals surface area contributed by atoms with E-state index in [0.717, 1.165) is 22.4 Å². The van der Waals surface area contributed by atoms with Crippen LogP contribution in [-0.2, 0) is 4.79 Å². The molecule has 3 aromatic rings. The van der Waals surface area contributed by atoms with Gasteiger partial charge < -0.3 is 10.1 Å². The van der Waals surface area contributed by atoms with Crippen LogP contribution in [0.4, 0.5) is 14.5 Å². The van der Waals surface area contributed by atoms with Gasteiger partial charge in [0.05, 0.1) is 17.9 Å². The van der Waals surface area contributed by atoms with Crippen molar-refractivity contribution in [3.63, 3.8) is 0 Å². The van der Waals surface area contributed by atoms with Crippen LogP contribution < -0.4 is 5.32 Å². The molecule has 134 valence electrons. The number of aldehydes is 1. The van der Waals surface area contributed by atoms with Crippen molar-refractivity contribution in [3.8, 4) is 16.9 Å². The van der Waals surface area contributed by atoms with Gasteiger partial charge >= 0.3 is 0 Å². The molecular weight excluding hydrogens is 356 g/mol. The fraction of sp³-hybridized carbons (Fsp3) is 0.158. The molecule has 26 heavy (non-hydrogen) atoms. The maximum absolute atomic E-state index is 13.2. The first-order valence-corrected chi connectivity index (χ1v) is 9.15. The zero-order chi connectivity index (χ0) is 18.5. The first-order valence-electron chi connectivity index (χ1n) is 7.93. The molecule has 0 bridgehead atoms. The molecule has 7 heteroatoms. The van der Waals surface area contributed by atoms with Gasteiger partial charge in [-0.25, -0.2) is 13.5 Å². The first kappa shape index (κ1) is 18.1. The number of aromatic nitrogens is 2. The van der Waals surface area contributed by atoms with E-state index < -0.39 is 6.43 Å². The molecule has 3 rings (SSSR count). The Labute approximate surface area is 154 Å². The Morgan fingerprint density at radius 2 is 1.85 bits per heavy atom. The Morgan fingerprint density at radius 1 is 1.15 bits per heavy atom. The lowest BCUT2D eigenvalue weighted by molar-refractivity contribution is -0.106. The minimum atomic E-state index is -2.64. The van der Waals surface area contributed by atoms with E-state index in [9.17, 15) is 13.6 Å². The van der Waals surface area contributed by atoms with Crippen molar-refractivity contribution in [1.82, 2.24) is 9.78 Å². The molecule has 0 aliphatic rings. The summed E-state index contributed by atoms with van der Waals surface area (Å²) in [4.78, 5) is 11.5. The monoisotopic (exact) mass is 373 g/mol. The lowest BCUT2D eigenvalue weighted by Crippen LogP contribution is -2.03. The molecule has 2 aromatic carbocycles. The standard InChI is InChI=1S/C19H17F2N3OS/c1-26-16-8-2-13(3-9-16)18-12-17(19(20)21)23-24(18)15-6-4-14(5-7-15)22-10-11-25/h2-9,11-12,19,22H,10H2,1H3. The van der Waals surface area contributed by atoms with Crippen molar-refractivity contribution in [3.05, 3.63) is 60.3 Å². The Morgan fingerprint density at radius 3 is 2.42 bits per heavy atom. The van der Waals surface area contributed by atoms with Gasteiger partial charge in [0.2, 0.25) is 0 Å². The van der Waals surface area contributed by atoms with Crippen LogP contribution in [0.15, 0.2) is 59.5 Å². The lowest BCUT2D eigenvalue weighted by Gasteiger charge is -2.09. The molecule has 0 fully saturated rings. The molecule has 0 radical (unpaired) electrons. The van der Waals surface area contributed by atoms with Crippen LogP contribution in [-0.4, -0.2) is 28.9 Å². The van der Waals surface area contributed by atoms with Crippen LogP contribution in [0.2, 0.25) is 0 Å². The summed E-state index contributed by atoms with van der Waals surface area (Å²) in [7, 11) is 0. The average Bonchev–Trinajstić information content (AvgIpc) is 3.12. The molecule has 0 aliphatic carbocycles. The highest BCUT2D eigenvalue weighted by atomic mass is 32.2. The molecule has 0 unspecified atom stereocenters. The molecule has 4 nitrogen and oxygen atoms in total. The Hall–Kier alpha value is -2.67. The summed E-state index contributed by atoms with van der Waals surface area (Å²) in [5, 5.41) is 7.01. The molecule has 1 aromatic heterocycles. The quantitative estimate of drug-likeness (QED) is 0.477. The predicted octanol–water partition coefficient (Wildman–Crippen LogP) is 4.81. The Bertz CT molecular complexity index is 877. The summed E-state index contributed by atoms with van der Waals surface area (Å²) in [6.07, 6.45) is 0.107. The molecule has 0 aliphatic heterocycles. The van der Waals surface area contributed by atoms with Gasteiger partial charge in [-0.1, -0.05) is 12.1 Å². The third-order valence-corrected chi connectivity index (χ3v) is 4.58. The number of halogens is 2. The number of rotatable bonds is 7. The number of benzene rings is 2. The Balaban J connectivity index is 2.00. The van der Waals surface area contributed by atoms with Gasteiger partial charge in [-0.15, -0.1) is 11.8 Å². The van der Waals surface area contributed by atoms with Crippen molar-refractivity contribution in [1.29, 1.82) is 0 Å².